The van der Waals surface area contributed by atoms with Crippen molar-refractivity contribution in [3.63, 3.8) is 0 Å². The highest BCUT2D eigenvalue weighted by Crippen LogP contribution is 2.47. The number of cyclic esters (lactones) is 1. The molecule has 0 spiro atoms. The third-order valence-corrected chi connectivity index (χ3v) is 7.31. The standard InChI is InChI=1S/C28H20N4O5S/c33-27-26(17-3-6-21-23(14-17)32-38-31-21)19(12-16-2-5-20-22(13-16)30-9-8-29-20)28(34,37-27)18-4-7-24-25(15-18)36-11-1-10-35-24/h2-9,13-15,34H,1,10-12H2. The minimum Gasteiger partial charge on any atom is -0.490 e. The van der Waals surface area contributed by atoms with Crippen LogP contribution in [0.5, 0.6) is 11.5 Å². The van der Waals surface area contributed by atoms with Crippen molar-refractivity contribution in [1.82, 2.24) is 18.7 Å². The summed E-state index contributed by atoms with van der Waals surface area (Å²) in [6.45, 7) is 1.03. The largest absolute Gasteiger partial charge is 0.490 e. The van der Waals surface area contributed by atoms with Gasteiger partial charge >= 0.3 is 5.97 Å². The predicted molar refractivity (Wildman–Crippen MR) is 140 cm³/mol. The normalized spacial score (nSPS) is 19.1. The van der Waals surface area contributed by atoms with E-state index in [1.54, 1.807) is 42.7 Å². The molecule has 2 aliphatic heterocycles. The summed E-state index contributed by atoms with van der Waals surface area (Å²) in [4.78, 5) is 22.2. The van der Waals surface area contributed by atoms with E-state index in [2.05, 4.69) is 18.7 Å². The van der Waals surface area contributed by atoms with Crippen LogP contribution in [0.15, 0.2) is 72.6 Å². The number of hydrogen-bond acceptors (Lipinski definition) is 10. The third-order valence-electron chi connectivity index (χ3n) is 6.75. The summed E-state index contributed by atoms with van der Waals surface area (Å²) in [7, 11) is 0. The summed E-state index contributed by atoms with van der Waals surface area (Å²) < 4.78 is 26.0. The zero-order valence-corrected chi connectivity index (χ0v) is 20.8. The topological polar surface area (TPSA) is 117 Å². The fourth-order valence-electron chi connectivity index (χ4n) is 4.91. The van der Waals surface area contributed by atoms with E-state index in [0.29, 0.717) is 52.4 Å². The Kier molecular flexibility index (Phi) is 5.31. The molecule has 0 saturated carbocycles. The smallest absolute Gasteiger partial charge is 0.342 e. The molecule has 9 nitrogen and oxygen atoms in total. The van der Waals surface area contributed by atoms with Crippen molar-refractivity contribution in [2.75, 3.05) is 13.2 Å². The van der Waals surface area contributed by atoms with Crippen LogP contribution in [0, 0.1) is 0 Å². The van der Waals surface area contributed by atoms with Gasteiger partial charge in [-0.3, -0.25) is 9.97 Å². The van der Waals surface area contributed by atoms with Crippen LogP contribution >= 0.6 is 11.7 Å². The van der Waals surface area contributed by atoms with Gasteiger partial charge in [-0.2, -0.15) is 8.75 Å². The Bertz CT molecular complexity index is 1770. The van der Waals surface area contributed by atoms with Crippen molar-refractivity contribution >= 4 is 45.3 Å². The van der Waals surface area contributed by atoms with Gasteiger partial charge in [0, 0.05) is 36.4 Å². The van der Waals surface area contributed by atoms with E-state index in [4.69, 9.17) is 14.2 Å². The molecular formula is C28H20N4O5S. The summed E-state index contributed by atoms with van der Waals surface area (Å²) in [5, 5.41) is 12.1. The van der Waals surface area contributed by atoms with Crippen LogP contribution in [0.1, 0.15) is 23.1 Å². The number of esters is 1. The van der Waals surface area contributed by atoms with Gasteiger partial charge in [0.25, 0.3) is 5.79 Å². The lowest BCUT2D eigenvalue weighted by molar-refractivity contribution is -0.185. The second-order valence-electron chi connectivity index (χ2n) is 9.12. The quantitative estimate of drug-likeness (QED) is 0.345. The molecule has 7 rings (SSSR count). The Morgan fingerprint density at radius 3 is 2.53 bits per heavy atom. The van der Waals surface area contributed by atoms with Gasteiger partial charge in [0.15, 0.2) is 11.5 Å². The first-order valence-electron chi connectivity index (χ1n) is 12.1. The SMILES string of the molecule is O=C1OC(O)(c2ccc3c(c2)OCCCO3)C(Cc2ccc3nccnc3c2)=C1c1ccc2nsnc2c1. The summed E-state index contributed by atoms with van der Waals surface area (Å²) in [6.07, 6.45) is 4.24. The van der Waals surface area contributed by atoms with Gasteiger partial charge in [0.05, 0.1) is 41.5 Å². The number of carbonyl (C=O) groups is 1. The number of hydrogen-bond donors (Lipinski definition) is 1. The number of carbonyl (C=O) groups excluding carboxylic acids is 1. The Morgan fingerprint density at radius 1 is 0.842 bits per heavy atom. The molecule has 0 saturated heterocycles. The van der Waals surface area contributed by atoms with E-state index in [0.717, 1.165) is 34.7 Å². The molecule has 10 heteroatoms. The maximum atomic E-state index is 13.4. The molecule has 38 heavy (non-hydrogen) atoms. The highest BCUT2D eigenvalue weighted by molar-refractivity contribution is 7.00. The predicted octanol–water partition coefficient (Wildman–Crippen LogP) is 4.19. The Labute approximate surface area is 220 Å². The molecule has 2 aliphatic rings. The van der Waals surface area contributed by atoms with E-state index < -0.39 is 11.8 Å². The molecule has 0 aliphatic carbocycles. The van der Waals surface area contributed by atoms with Crippen molar-refractivity contribution in [2.45, 2.75) is 18.6 Å². The summed E-state index contributed by atoms with van der Waals surface area (Å²) in [5.41, 5.74) is 5.37. The van der Waals surface area contributed by atoms with Gasteiger partial charge in [-0.1, -0.05) is 12.1 Å². The second-order valence-corrected chi connectivity index (χ2v) is 9.65. The van der Waals surface area contributed by atoms with Gasteiger partial charge in [0.2, 0.25) is 0 Å². The Balaban J connectivity index is 1.40. The molecule has 1 atom stereocenters. The zero-order chi connectivity index (χ0) is 25.7. The van der Waals surface area contributed by atoms with Crippen molar-refractivity contribution in [2.24, 2.45) is 0 Å². The average molecular weight is 525 g/mol. The summed E-state index contributed by atoms with van der Waals surface area (Å²) in [5.74, 6) is -1.57. The number of fused-ring (bicyclic) bond motifs is 3. The number of ether oxygens (including phenoxy) is 3. The van der Waals surface area contributed by atoms with Crippen molar-refractivity contribution < 1.29 is 24.1 Å². The van der Waals surface area contributed by atoms with Gasteiger partial charge in [-0.25, -0.2) is 4.79 Å². The first kappa shape index (κ1) is 22.8. The second kappa shape index (κ2) is 8.86. The first-order valence-corrected chi connectivity index (χ1v) is 12.8. The number of benzene rings is 3. The Morgan fingerprint density at radius 2 is 1.63 bits per heavy atom. The van der Waals surface area contributed by atoms with Crippen LogP contribution in [0.25, 0.3) is 27.6 Å². The minimum absolute atomic E-state index is 0.228. The molecule has 1 N–H and O–H groups in total. The van der Waals surface area contributed by atoms with E-state index in [1.807, 2.05) is 24.3 Å². The number of aliphatic hydroxyl groups is 1. The van der Waals surface area contributed by atoms with Crippen molar-refractivity contribution in [3.05, 3.63) is 89.3 Å². The van der Waals surface area contributed by atoms with Gasteiger partial charge in [-0.15, -0.1) is 0 Å². The highest BCUT2D eigenvalue weighted by atomic mass is 32.1. The Hall–Kier alpha value is -4.41. The fourth-order valence-corrected chi connectivity index (χ4v) is 5.42. The molecule has 5 aromatic rings. The van der Waals surface area contributed by atoms with Crippen LogP contribution < -0.4 is 9.47 Å². The van der Waals surface area contributed by atoms with Crippen molar-refractivity contribution in [3.8, 4) is 11.5 Å². The number of aromatic nitrogens is 4. The lowest BCUT2D eigenvalue weighted by atomic mass is 9.87. The molecule has 0 radical (unpaired) electrons. The lowest BCUT2D eigenvalue weighted by Crippen LogP contribution is -2.29. The molecule has 0 fully saturated rings. The number of nitrogens with zero attached hydrogens (tertiary/aromatic N) is 4. The molecule has 2 aromatic heterocycles. The van der Waals surface area contributed by atoms with Crippen molar-refractivity contribution in [1.29, 1.82) is 0 Å². The third kappa shape index (κ3) is 3.77. The van der Waals surface area contributed by atoms with Gasteiger partial charge < -0.3 is 19.3 Å². The first-order chi connectivity index (χ1) is 18.6. The van der Waals surface area contributed by atoms with E-state index in [1.165, 1.54) is 0 Å². The van der Waals surface area contributed by atoms with Gasteiger partial charge in [0.1, 0.15) is 11.0 Å². The molecule has 1 unspecified atom stereocenters. The monoisotopic (exact) mass is 524 g/mol. The van der Waals surface area contributed by atoms with Crippen LogP contribution in [0.4, 0.5) is 0 Å². The van der Waals surface area contributed by atoms with E-state index >= 15 is 0 Å². The molecule has 3 aromatic carbocycles. The van der Waals surface area contributed by atoms with Crippen LogP contribution in [-0.4, -0.2) is 43.0 Å². The lowest BCUT2D eigenvalue weighted by Gasteiger charge is -2.26. The summed E-state index contributed by atoms with van der Waals surface area (Å²) in [6, 6.07) is 16.2. The highest BCUT2D eigenvalue weighted by Gasteiger charge is 2.48. The van der Waals surface area contributed by atoms with Gasteiger partial charge in [-0.05, 0) is 53.6 Å². The minimum atomic E-state index is -2.02. The molecule has 188 valence electrons. The van der Waals surface area contributed by atoms with Crippen LogP contribution in [-0.2, 0) is 21.7 Å². The maximum absolute atomic E-state index is 13.4. The maximum Gasteiger partial charge on any atom is 0.342 e. The van der Waals surface area contributed by atoms with E-state index in [-0.39, 0.29) is 12.0 Å². The van der Waals surface area contributed by atoms with Crippen LogP contribution in [0.2, 0.25) is 0 Å². The van der Waals surface area contributed by atoms with Crippen LogP contribution in [0.3, 0.4) is 0 Å². The molecule has 0 bridgehead atoms. The molecule has 4 heterocycles. The summed E-state index contributed by atoms with van der Waals surface area (Å²) >= 11 is 1.10. The zero-order valence-electron chi connectivity index (χ0n) is 20.0. The molecule has 0 amide bonds. The fraction of sp³-hybridized carbons (Fsp3) is 0.179. The van der Waals surface area contributed by atoms with E-state index in [9.17, 15) is 9.90 Å². The molecular weight excluding hydrogens is 504 g/mol. The number of rotatable bonds is 4. The average Bonchev–Trinajstić information content (AvgIpc) is 3.40.